The number of hydrogen-bond donors (Lipinski definition) is 0. The molecule has 4 nitrogen and oxygen atoms in total. The van der Waals surface area contributed by atoms with E-state index < -0.39 is 5.60 Å². The molecule has 0 spiro atoms. The molecule has 2 fully saturated rings. The molecule has 2 bridgehead atoms. The fraction of sp³-hybridized carbons (Fsp3) is 0.778. The van der Waals surface area contributed by atoms with E-state index in [1.807, 2.05) is 20.8 Å². The molecule has 2 saturated carbocycles. The van der Waals surface area contributed by atoms with Crippen molar-refractivity contribution in [2.24, 2.45) is 23.7 Å². The lowest BCUT2D eigenvalue weighted by Crippen LogP contribution is -2.29. The van der Waals surface area contributed by atoms with Gasteiger partial charge >= 0.3 is 11.9 Å². The molecule has 0 aromatic rings. The van der Waals surface area contributed by atoms with Crippen LogP contribution in [0.5, 0.6) is 0 Å². The third-order valence-electron chi connectivity index (χ3n) is 4.99. The molecule has 122 valence electrons. The number of rotatable bonds is 3. The van der Waals surface area contributed by atoms with E-state index in [0.717, 1.165) is 25.7 Å². The number of allylic oxidation sites excluding steroid dienone is 2. The van der Waals surface area contributed by atoms with Crippen LogP contribution in [0.2, 0.25) is 0 Å². The maximum Gasteiger partial charge on any atom is 0.309 e. The molecule has 5 unspecified atom stereocenters. The average Bonchev–Trinajstić information content (AvgIpc) is 3.12. The number of carbonyl (C=O) groups excluding carboxylic acids is 2. The first-order chi connectivity index (χ1) is 10.3. The quantitative estimate of drug-likeness (QED) is 0.593. The zero-order chi connectivity index (χ0) is 15.9. The third-order valence-corrected chi connectivity index (χ3v) is 4.99. The fourth-order valence-electron chi connectivity index (χ4n) is 3.95. The van der Waals surface area contributed by atoms with E-state index >= 15 is 0 Å². The summed E-state index contributed by atoms with van der Waals surface area (Å²) in [6.45, 7) is 5.63. The van der Waals surface area contributed by atoms with Crippen LogP contribution in [0.25, 0.3) is 0 Å². The van der Waals surface area contributed by atoms with Gasteiger partial charge in [-0.25, -0.2) is 0 Å². The molecular formula is C18H26O4. The molecule has 0 saturated heterocycles. The van der Waals surface area contributed by atoms with Crippen LogP contribution in [-0.2, 0) is 19.1 Å². The molecule has 0 aromatic heterocycles. The highest BCUT2D eigenvalue weighted by molar-refractivity contribution is 5.75. The summed E-state index contributed by atoms with van der Waals surface area (Å²) in [4.78, 5) is 24.4. The van der Waals surface area contributed by atoms with E-state index in [1.165, 1.54) is 0 Å². The maximum atomic E-state index is 12.3. The van der Waals surface area contributed by atoms with Crippen molar-refractivity contribution in [2.75, 3.05) is 0 Å². The summed E-state index contributed by atoms with van der Waals surface area (Å²) in [6.07, 6.45) is 8.44. The fourth-order valence-corrected chi connectivity index (χ4v) is 3.95. The van der Waals surface area contributed by atoms with E-state index in [-0.39, 0.29) is 29.9 Å². The lowest BCUT2D eigenvalue weighted by Gasteiger charge is -2.22. The number of carbonyl (C=O) groups is 2. The Balaban J connectivity index is 1.48. The monoisotopic (exact) mass is 306 g/mol. The highest BCUT2D eigenvalue weighted by Crippen LogP contribution is 2.44. The van der Waals surface area contributed by atoms with Crippen molar-refractivity contribution in [1.29, 1.82) is 0 Å². The summed E-state index contributed by atoms with van der Waals surface area (Å²) in [5.74, 6) is 0.634. The summed E-state index contributed by atoms with van der Waals surface area (Å²) >= 11 is 0. The average molecular weight is 306 g/mol. The predicted octanol–water partition coefficient (Wildman–Crippen LogP) is 3.25. The first-order valence-electron chi connectivity index (χ1n) is 8.43. The van der Waals surface area contributed by atoms with Crippen molar-refractivity contribution in [3.8, 4) is 0 Å². The Bertz CT molecular complexity index is 488. The topological polar surface area (TPSA) is 52.6 Å². The Hall–Kier alpha value is -1.32. The van der Waals surface area contributed by atoms with Crippen molar-refractivity contribution in [3.05, 3.63) is 12.2 Å². The van der Waals surface area contributed by atoms with Gasteiger partial charge in [-0.1, -0.05) is 12.2 Å². The molecule has 0 N–H and O–H groups in total. The van der Waals surface area contributed by atoms with Gasteiger partial charge in [-0.05, 0) is 64.7 Å². The van der Waals surface area contributed by atoms with Crippen LogP contribution in [0.4, 0.5) is 0 Å². The minimum atomic E-state index is -0.457. The summed E-state index contributed by atoms with van der Waals surface area (Å²) in [5, 5.41) is 0. The minimum Gasteiger partial charge on any atom is -0.462 e. The van der Waals surface area contributed by atoms with Crippen molar-refractivity contribution in [1.82, 2.24) is 0 Å². The molecule has 0 aliphatic heterocycles. The van der Waals surface area contributed by atoms with Crippen LogP contribution in [-0.4, -0.2) is 23.6 Å². The first-order valence-corrected chi connectivity index (χ1v) is 8.43. The van der Waals surface area contributed by atoms with Gasteiger partial charge in [0.25, 0.3) is 0 Å². The second-order valence-corrected chi connectivity index (χ2v) is 7.99. The van der Waals surface area contributed by atoms with Crippen molar-refractivity contribution in [2.45, 2.75) is 64.6 Å². The highest BCUT2D eigenvalue weighted by Gasteiger charge is 2.42. The molecule has 22 heavy (non-hydrogen) atoms. The lowest BCUT2D eigenvalue weighted by atomic mass is 9.94. The molecule has 3 aliphatic carbocycles. The first kappa shape index (κ1) is 15.6. The van der Waals surface area contributed by atoms with Crippen LogP contribution >= 0.6 is 0 Å². The third kappa shape index (κ3) is 3.36. The van der Waals surface area contributed by atoms with Crippen molar-refractivity contribution in [3.63, 3.8) is 0 Å². The summed E-state index contributed by atoms with van der Waals surface area (Å²) in [7, 11) is 0. The lowest BCUT2D eigenvalue weighted by molar-refractivity contribution is -0.162. The normalized spacial score (nSPS) is 36.6. The van der Waals surface area contributed by atoms with Crippen LogP contribution < -0.4 is 0 Å². The molecule has 0 heterocycles. The Morgan fingerprint density at radius 3 is 2.36 bits per heavy atom. The Kier molecular flexibility index (Phi) is 4.04. The largest absolute Gasteiger partial charge is 0.462 e. The molecule has 3 rings (SSSR count). The van der Waals surface area contributed by atoms with Crippen LogP contribution in [0, 0.1) is 23.7 Å². The maximum absolute atomic E-state index is 12.3. The number of hydrogen-bond acceptors (Lipinski definition) is 4. The number of ether oxygens (including phenoxy) is 2. The minimum absolute atomic E-state index is 0.0376. The second kappa shape index (κ2) is 5.71. The van der Waals surface area contributed by atoms with Crippen LogP contribution in [0.3, 0.4) is 0 Å². The highest BCUT2D eigenvalue weighted by atomic mass is 16.6. The van der Waals surface area contributed by atoms with Gasteiger partial charge in [-0.2, -0.15) is 0 Å². The van der Waals surface area contributed by atoms with Crippen LogP contribution in [0.1, 0.15) is 52.9 Å². The molecule has 0 amide bonds. The van der Waals surface area contributed by atoms with Gasteiger partial charge in [0.05, 0.1) is 11.8 Å². The van der Waals surface area contributed by atoms with Gasteiger partial charge in [0.1, 0.15) is 11.7 Å². The molecule has 5 atom stereocenters. The van der Waals surface area contributed by atoms with Crippen LogP contribution in [0.15, 0.2) is 12.2 Å². The van der Waals surface area contributed by atoms with Gasteiger partial charge in [-0.3, -0.25) is 9.59 Å². The van der Waals surface area contributed by atoms with Gasteiger partial charge in [0.2, 0.25) is 0 Å². The van der Waals surface area contributed by atoms with E-state index in [4.69, 9.17) is 9.47 Å². The van der Waals surface area contributed by atoms with Crippen molar-refractivity contribution < 1.29 is 19.1 Å². The van der Waals surface area contributed by atoms with Gasteiger partial charge in [-0.15, -0.1) is 0 Å². The van der Waals surface area contributed by atoms with E-state index in [9.17, 15) is 9.59 Å². The zero-order valence-corrected chi connectivity index (χ0v) is 13.7. The molecule has 0 radical (unpaired) electrons. The van der Waals surface area contributed by atoms with E-state index in [2.05, 4.69) is 12.2 Å². The summed E-state index contributed by atoms with van der Waals surface area (Å²) < 4.78 is 11.1. The smallest absolute Gasteiger partial charge is 0.309 e. The van der Waals surface area contributed by atoms with E-state index in [1.54, 1.807) is 0 Å². The molecular weight excluding hydrogens is 280 g/mol. The van der Waals surface area contributed by atoms with E-state index in [0.29, 0.717) is 18.3 Å². The van der Waals surface area contributed by atoms with Gasteiger partial charge in [0.15, 0.2) is 0 Å². The zero-order valence-electron chi connectivity index (χ0n) is 13.7. The standard InChI is InChI=1S/C18H26O4/c1-18(2,3)22-16(19)13-6-7-14(10-13)21-17(20)15-9-11-4-5-12(15)8-11/h4-5,11-15H,6-10H2,1-3H3. The Morgan fingerprint density at radius 1 is 1.00 bits per heavy atom. The molecule has 4 heteroatoms. The van der Waals surface area contributed by atoms with Crippen molar-refractivity contribution >= 4 is 11.9 Å². The number of fused-ring (bicyclic) bond motifs is 2. The number of esters is 2. The summed E-state index contributed by atoms with van der Waals surface area (Å²) in [5.41, 5.74) is -0.457. The molecule has 3 aliphatic rings. The summed E-state index contributed by atoms with van der Waals surface area (Å²) in [6, 6.07) is 0. The van der Waals surface area contributed by atoms with Gasteiger partial charge < -0.3 is 9.47 Å². The SMILES string of the molecule is CC(C)(C)OC(=O)C1CCC(OC(=O)C2CC3C=CC2C3)C1. The van der Waals surface area contributed by atoms with Gasteiger partial charge in [0, 0.05) is 0 Å². The molecule has 0 aromatic carbocycles. The Morgan fingerprint density at radius 2 is 1.77 bits per heavy atom. The Labute approximate surface area is 132 Å². The predicted molar refractivity (Wildman–Crippen MR) is 81.9 cm³/mol. The second-order valence-electron chi connectivity index (χ2n) is 7.99.